The van der Waals surface area contributed by atoms with Gasteiger partial charge < -0.3 is 10.0 Å². The number of hydrogen-bond donors (Lipinski definition) is 1. The molecule has 4 nitrogen and oxygen atoms in total. The van der Waals surface area contributed by atoms with Crippen molar-refractivity contribution in [2.75, 3.05) is 19.6 Å². The van der Waals surface area contributed by atoms with Crippen LogP contribution >= 0.6 is 0 Å². The lowest BCUT2D eigenvalue weighted by atomic mass is 9.87. The summed E-state index contributed by atoms with van der Waals surface area (Å²) < 4.78 is 40.3. The second-order valence-electron chi connectivity index (χ2n) is 8.10. The normalized spacial score (nSPS) is 25.3. The van der Waals surface area contributed by atoms with Crippen LogP contribution in [0.15, 0.2) is 48.5 Å². The molecule has 0 aromatic heterocycles. The maximum atomic E-state index is 14.9. The monoisotopic (exact) mass is 418 g/mol. The third-order valence-electron chi connectivity index (χ3n) is 6.21. The topological polar surface area (TPSA) is 43.8 Å². The number of nitrogens with zero attached hydrogens (tertiary/aromatic N) is 2. The van der Waals surface area contributed by atoms with E-state index in [1.54, 1.807) is 41.3 Å². The van der Waals surface area contributed by atoms with Crippen LogP contribution in [-0.4, -0.2) is 52.7 Å². The first-order valence-electron chi connectivity index (χ1n) is 10.2. The van der Waals surface area contributed by atoms with Crippen LogP contribution in [0.3, 0.4) is 0 Å². The number of hydrogen-bond acceptors (Lipinski definition) is 3. The van der Waals surface area contributed by atoms with Crippen LogP contribution in [0.1, 0.15) is 41.9 Å². The lowest BCUT2D eigenvalue weighted by Crippen LogP contribution is -2.49. The zero-order valence-corrected chi connectivity index (χ0v) is 16.6. The Balaban J connectivity index is 1.35. The summed E-state index contributed by atoms with van der Waals surface area (Å²) in [5.41, 5.74) is 1.64. The molecule has 2 heterocycles. The highest BCUT2D eigenvalue weighted by Gasteiger charge is 2.40. The molecule has 3 atom stereocenters. The molecule has 160 valence electrons. The summed E-state index contributed by atoms with van der Waals surface area (Å²) in [4.78, 5) is 16.6. The van der Waals surface area contributed by atoms with Crippen molar-refractivity contribution in [3.63, 3.8) is 0 Å². The van der Waals surface area contributed by atoms with Gasteiger partial charge in [-0.2, -0.15) is 0 Å². The molecule has 2 aliphatic rings. The Kier molecular flexibility index (Phi) is 5.99. The molecule has 0 radical (unpaired) electrons. The predicted octanol–water partition coefficient (Wildman–Crippen LogP) is 4.26. The van der Waals surface area contributed by atoms with Gasteiger partial charge in [-0.3, -0.25) is 9.69 Å². The van der Waals surface area contributed by atoms with Crippen LogP contribution in [0.25, 0.3) is 0 Å². The van der Waals surface area contributed by atoms with Crippen molar-refractivity contribution >= 4 is 5.91 Å². The van der Waals surface area contributed by atoms with E-state index in [0.29, 0.717) is 32.5 Å². The molecule has 2 aromatic rings. The SMILES string of the molecule is O=C1[C@H](N2CCC(c3ccc(O)cc3)[C@H](F)C2)CCN1Cc1ccc(C(F)F)cc1. The van der Waals surface area contributed by atoms with Crippen LogP contribution in [0, 0.1) is 0 Å². The van der Waals surface area contributed by atoms with Gasteiger partial charge in [0.1, 0.15) is 11.9 Å². The Hall–Kier alpha value is -2.54. The number of carbonyl (C=O) groups is 1. The predicted molar refractivity (Wildman–Crippen MR) is 107 cm³/mol. The zero-order chi connectivity index (χ0) is 21.3. The molecule has 4 rings (SSSR count). The smallest absolute Gasteiger partial charge is 0.263 e. The first kappa shape index (κ1) is 20.7. The number of rotatable bonds is 5. The minimum Gasteiger partial charge on any atom is -0.508 e. The Morgan fingerprint density at radius 1 is 1.00 bits per heavy atom. The van der Waals surface area contributed by atoms with Gasteiger partial charge in [-0.25, -0.2) is 13.2 Å². The van der Waals surface area contributed by atoms with Crippen LogP contribution in [0.4, 0.5) is 13.2 Å². The number of amides is 1. The van der Waals surface area contributed by atoms with Gasteiger partial charge in [0.25, 0.3) is 6.43 Å². The highest BCUT2D eigenvalue weighted by atomic mass is 19.3. The molecule has 1 N–H and O–H groups in total. The number of aromatic hydroxyl groups is 1. The largest absolute Gasteiger partial charge is 0.508 e. The maximum Gasteiger partial charge on any atom is 0.263 e. The number of halogens is 3. The second-order valence-corrected chi connectivity index (χ2v) is 8.10. The van der Waals surface area contributed by atoms with Gasteiger partial charge in [0.2, 0.25) is 5.91 Å². The number of phenolic OH excluding ortho intramolecular Hbond substituents is 1. The van der Waals surface area contributed by atoms with E-state index in [9.17, 15) is 23.1 Å². The quantitative estimate of drug-likeness (QED) is 0.789. The van der Waals surface area contributed by atoms with E-state index in [2.05, 4.69) is 0 Å². The fourth-order valence-electron chi connectivity index (χ4n) is 4.52. The number of benzene rings is 2. The lowest BCUT2D eigenvalue weighted by Gasteiger charge is -2.37. The fourth-order valence-corrected chi connectivity index (χ4v) is 4.52. The number of phenols is 1. The Bertz CT molecular complexity index is 873. The molecular formula is C23H25F3N2O2. The fraction of sp³-hybridized carbons (Fsp3) is 0.435. The molecule has 2 saturated heterocycles. The summed E-state index contributed by atoms with van der Waals surface area (Å²) in [5, 5.41) is 9.43. The standard InChI is InChI=1S/C23H25F3N2O2/c24-20-14-27(11-9-19(20)16-5-7-18(29)8-6-16)21-10-12-28(23(21)30)13-15-1-3-17(4-2-15)22(25)26/h1-8,19-22,29H,9-14H2/t19?,20-,21-/m1/s1. The van der Waals surface area contributed by atoms with Crippen LogP contribution in [0.2, 0.25) is 0 Å². The van der Waals surface area contributed by atoms with Crippen molar-refractivity contribution in [2.24, 2.45) is 0 Å². The minimum atomic E-state index is -2.50. The average Bonchev–Trinajstić information content (AvgIpc) is 3.09. The molecule has 7 heteroatoms. The van der Waals surface area contributed by atoms with E-state index < -0.39 is 12.6 Å². The Morgan fingerprint density at radius 2 is 1.70 bits per heavy atom. The first-order chi connectivity index (χ1) is 14.4. The highest BCUT2D eigenvalue weighted by Crippen LogP contribution is 2.33. The van der Waals surface area contributed by atoms with Gasteiger partial charge in [-0.15, -0.1) is 0 Å². The van der Waals surface area contributed by atoms with Gasteiger partial charge in [0.15, 0.2) is 0 Å². The third kappa shape index (κ3) is 4.31. The Morgan fingerprint density at radius 3 is 2.33 bits per heavy atom. The van der Waals surface area contributed by atoms with Gasteiger partial charge in [-0.1, -0.05) is 36.4 Å². The number of piperidine rings is 1. The minimum absolute atomic E-state index is 0.0248. The van der Waals surface area contributed by atoms with Gasteiger partial charge in [0.05, 0.1) is 6.04 Å². The molecule has 2 aromatic carbocycles. The van der Waals surface area contributed by atoms with E-state index in [0.717, 1.165) is 11.1 Å². The highest BCUT2D eigenvalue weighted by molar-refractivity contribution is 5.84. The summed E-state index contributed by atoms with van der Waals surface area (Å²) in [7, 11) is 0. The molecule has 30 heavy (non-hydrogen) atoms. The van der Waals surface area contributed by atoms with Crippen molar-refractivity contribution in [3.05, 3.63) is 65.2 Å². The van der Waals surface area contributed by atoms with Crippen molar-refractivity contribution in [3.8, 4) is 5.75 Å². The molecule has 0 aliphatic carbocycles. The third-order valence-corrected chi connectivity index (χ3v) is 6.21. The summed E-state index contributed by atoms with van der Waals surface area (Å²) in [6, 6.07) is 12.4. The van der Waals surface area contributed by atoms with E-state index in [-0.39, 0.29) is 35.7 Å². The molecule has 2 aliphatic heterocycles. The van der Waals surface area contributed by atoms with Gasteiger partial charge in [-0.05, 0) is 42.6 Å². The molecule has 1 unspecified atom stereocenters. The van der Waals surface area contributed by atoms with Crippen LogP contribution in [-0.2, 0) is 11.3 Å². The number of alkyl halides is 3. The van der Waals surface area contributed by atoms with Crippen molar-refractivity contribution < 1.29 is 23.1 Å². The first-order valence-corrected chi connectivity index (χ1v) is 10.2. The summed E-state index contributed by atoms with van der Waals surface area (Å²) in [6.07, 6.45) is -2.32. The Labute approximate surface area is 173 Å². The molecule has 0 saturated carbocycles. The lowest BCUT2D eigenvalue weighted by molar-refractivity contribution is -0.133. The van der Waals surface area contributed by atoms with E-state index in [1.165, 1.54) is 12.1 Å². The summed E-state index contributed by atoms with van der Waals surface area (Å²) >= 11 is 0. The van der Waals surface area contributed by atoms with Crippen molar-refractivity contribution in [2.45, 2.75) is 43.9 Å². The number of carbonyl (C=O) groups excluding carboxylic acids is 1. The molecule has 2 fully saturated rings. The van der Waals surface area contributed by atoms with E-state index in [1.807, 2.05) is 4.90 Å². The van der Waals surface area contributed by atoms with Crippen LogP contribution < -0.4 is 0 Å². The molecule has 1 amide bonds. The van der Waals surface area contributed by atoms with E-state index in [4.69, 9.17) is 0 Å². The van der Waals surface area contributed by atoms with E-state index >= 15 is 0 Å². The second kappa shape index (κ2) is 8.68. The van der Waals surface area contributed by atoms with Gasteiger partial charge >= 0.3 is 0 Å². The summed E-state index contributed by atoms with van der Waals surface area (Å²) in [5.74, 6) is -0.0990. The molecule has 0 spiro atoms. The molecular weight excluding hydrogens is 393 g/mol. The maximum absolute atomic E-state index is 14.9. The van der Waals surface area contributed by atoms with Crippen molar-refractivity contribution in [1.29, 1.82) is 0 Å². The zero-order valence-electron chi connectivity index (χ0n) is 16.6. The van der Waals surface area contributed by atoms with Crippen molar-refractivity contribution in [1.82, 2.24) is 9.80 Å². The summed E-state index contributed by atoms with van der Waals surface area (Å²) in [6.45, 7) is 1.80. The van der Waals surface area contributed by atoms with Crippen LogP contribution in [0.5, 0.6) is 5.75 Å². The average molecular weight is 418 g/mol. The number of likely N-dealkylation sites (tertiary alicyclic amines) is 2. The van der Waals surface area contributed by atoms with Gasteiger partial charge in [0, 0.05) is 31.1 Å². The molecule has 0 bridgehead atoms.